The molecule has 0 bridgehead atoms. The van der Waals surface area contributed by atoms with Gasteiger partial charge < -0.3 is 10.2 Å². The molecule has 0 heterocycles. The number of benzene rings is 1. The van der Waals surface area contributed by atoms with E-state index in [9.17, 15) is 0 Å². The van der Waals surface area contributed by atoms with Crippen LogP contribution in [0.15, 0.2) is 33.7 Å². The molecule has 1 N–H and O–H groups in total. The summed E-state index contributed by atoms with van der Waals surface area (Å²) in [5.41, 5.74) is 1.26. The Kier molecular flexibility index (Phi) is 11.7. The van der Waals surface area contributed by atoms with E-state index in [4.69, 9.17) is 0 Å². The Morgan fingerprint density at radius 2 is 2.10 bits per heavy atom. The number of aliphatic imine (C=N–C) groups is 1. The molecule has 0 radical (unpaired) electrons. The number of guanidine groups is 1. The first-order valence-corrected chi connectivity index (χ1v) is 8.59. The van der Waals surface area contributed by atoms with Crippen LogP contribution in [0.4, 0.5) is 0 Å². The highest BCUT2D eigenvalue weighted by Gasteiger charge is 2.07. The van der Waals surface area contributed by atoms with E-state index in [0.717, 1.165) is 35.8 Å². The molecule has 0 fully saturated rings. The Morgan fingerprint density at radius 3 is 2.70 bits per heavy atom. The van der Waals surface area contributed by atoms with Crippen molar-refractivity contribution in [1.82, 2.24) is 10.2 Å². The summed E-state index contributed by atoms with van der Waals surface area (Å²) in [6.07, 6.45) is 2.10. The van der Waals surface area contributed by atoms with Crippen molar-refractivity contribution in [3.63, 3.8) is 0 Å². The SMILES string of the molecule is CCNC(=NCCSC)N(C)Cc1ccccc1Br.I. The Morgan fingerprint density at radius 1 is 1.40 bits per heavy atom. The summed E-state index contributed by atoms with van der Waals surface area (Å²) in [5.74, 6) is 2.02. The van der Waals surface area contributed by atoms with Crippen LogP contribution in [0.2, 0.25) is 0 Å². The van der Waals surface area contributed by atoms with Crippen LogP contribution < -0.4 is 5.32 Å². The van der Waals surface area contributed by atoms with E-state index >= 15 is 0 Å². The zero-order valence-corrected chi connectivity index (χ0v) is 17.0. The van der Waals surface area contributed by atoms with Gasteiger partial charge >= 0.3 is 0 Å². The summed E-state index contributed by atoms with van der Waals surface area (Å²) < 4.78 is 1.14. The van der Waals surface area contributed by atoms with Crippen LogP contribution in [0.1, 0.15) is 12.5 Å². The Labute approximate surface area is 152 Å². The summed E-state index contributed by atoms with van der Waals surface area (Å²) in [6, 6.07) is 8.30. The topological polar surface area (TPSA) is 27.6 Å². The van der Waals surface area contributed by atoms with Gasteiger partial charge in [0.15, 0.2) is 5.96 Å². The first-order chi connectivity index (χ1) is 9.19. The third-order valence-corrected chi connectivity index (χ3v) is 3.98. The van der Waals surface area contributed by atoms with Crippen molar-refractivity contribution in [2.24, 2.45) is 4.99 Å². The lowest BCUT2D eigenvalue weighted by Crippen LogP contribution is -2.38. The normalized spacial score (nSPS) is 10.9. The van der Waals surface area contributed by atoms with Crippen molar-refractivity contribution < 1.29 is 0 Å². The molecule has 0 aliphatic carbocycles. The van der Waals surface area contributed by atoms with Gasteiger partial charge in [0, 0.05) is 30.4 Å². The number of hydrogen-bond donors (Lipinski definition) is 1. The first kappa shape index (κ1) is 20.1. The van der Waals surface area contributed by atoms with Gasteiger partial charge in [0.2, 0.25) is 0 Å². The van der Waals surface area contributed by atoms with Crippen LogP contribution in [-0.2, 0) is 6.54 Å². The van der Waals surface area contributed by atoms with E-state index in [2.05, 4.69) is 69.6 Å². The third-order valence-electron chi connectivity index (χ3n) is 2.62. The second-order valence-corrected chi connectivity index (χ2v) is 6.02. The smallest absolute Gasteiger partial charge is 0.193 e. The summed E-state index contributed by atoms with van der Waals surface area (Å²) in [7, 11) is 2.07. The van der Waals surface area contributed by atoms with Gasteiger partial charge in [0.25, 0.3) is 0 Å². The van der Waals surface area contributed by atoms with Gasteiger partial charge in [0.05, 0.1) is 6.54 Å². The molecule has 0 atom stereocenters. The minimum absolute atomic E-state index is 0. The Bertz CT molecular complexity index is 415. The van der Waals surface area contributed by atoms with Crippen LogP contribution >= 0.6 is 51.7 Å². The number of rotatable bonds is 6. The standard InChI is InChI=1S/C14H22BrN3S.HI/c1-4-16-14(17-9-10-19-3)18(2)11-12-7-5-6-8-13(12)15;/h5-8H,4,9-11H2,1-3H3,(H,16,17);1H. The first-order valence-electron chi connectivity index (χ1n) is 6.40. The maximum absolute atomic E-state index is 4.62. The highest BCUT2D eigenvalue weighted by Crippen LogP contribution is 2.17. The van der Waals surface area contributed by atoms with Crippen LogP contribution in [0.5, 0.6) is 0 Å². The fourth-order valence-electron chi connectivity index (χ4n) is 1.67. The van der Waals surface area contributed by atoms with Crippen LogP contribution in [0, 0.1) is 0 Å². The van der Waals surface area contributed by atoms with E-state index in [1.54, 1.807) is 0 Å². The predicted octanol–water partition coefficient (Wildman–Crippen LogP) is 3.83. The molecule has 6 heteroatoms. The summed E-state index contributed by atoms with van der Waals surface area (Å²) in [4.78, 5) is 6.78. The zero-order valence-electron chi connectivity index (χ0n) is 12.2. The third kappa shape index (κ3) is 7.17. The van der Waals surface area contributed by atoms with Crippen molar-refractivity contribution >= 4 is 57.6 Å². The highest BCUT2D eigenvalue weighted by atomic mass is 127. The average molecular weight is 472 g/mol. The van der Waals surface area contributed by atoms with E-state index in [-0.39, 0.29) is 24.0 Å². The van der Waals surface area contributed by atoms with Gasteiger partial charge in [-0.05, 0) is 24.8 Å². The van der Waals surface area contributed by atoms with Gasteiger partial charge in [-0.3, -0.25) is 4.99 Å². The number of nitrogens with zero attached hydrogens (tertiary/aromatic N) is 2. The molecule has 1 aromatic carbocycles. The van der Waals surface area contributed by atoms with E-state index < -0.39 is 0 Å². The fourth-order valence-corrected chi connectivity index (χ4v) is 2.35. The van der Waals surface area contributed by atoms with Gasteiger partial charge in [0.1, 0.15) is 0 Å². The molecule has 1 rings (SSSR count). The van der Waals surface area contributed by atoms with Gasteiger partial charge in [-0.2, -0.15) is 11.8 Å². The van der Waals surface area contributed by atoms with E-state index in [1.165, 1.54) is 5.56 Å². The lowest BCUT2D eigenvalue weighted by Gasteiger charge is -2.22. The molecule has 0 aliphatic rings. The molecule has 0 amide bonds. The van der Waals surface area contributed by atoms with Crippen molar-refractivity contribution in [1.29, 1.82) is 0 Å². The zero-order chi connectivity index (χ0) is 14.1. The molecule has 1 aromatic rings. The molecular formula is C14H23BrIN3S. The van der Waals surface area contributed by atoms with E-state index in [1.807, 2.05) is 17.8 Å². The van der Waals surface area contributed by atoms with Gasteiger partial charge in [-0.15, -0.1) is 24.0 Å². The maximum Gasteiger partial charge on any atom is 0.193 e. The van der Waals surface area contributed by atoms with Crippen molar-refractivity contribution in [2.45, 2.75) is 13.5 Å². The monoisotopic (exact) mass is 471 g/mol. The average Bonchev–Trinajstić information content (AvgIpc) is 2.40. The number of thioether (sulfide) groups is 1. The fraction of sp³-hybridized carbons (Fsp3) is 0.500. The van der Waals surface area contributed by atoms with Crippen LogP contribution in [0.25, 0.3) is 0 Å². The highest BCUT2D eigenvalue weighted by molar-refractivity contribution is 14.0. The molecule has 0 aliphatic heterocycles. The molecule has 0 unspecified atom stereocenters. The minimum atomic E-state index is 0. The maximum atomic E-state index is 4.62. The Balaban J connectivity index is 0.00000361. The van der Waals surface area contributed by atoms with Crippen molar-refractivity contribution in [3.8, 4) is 0 Å². The molecule has 0 spiro atoms. The lowest BCUT2D eigenvalue weighted by molar-refractivity contribution is 0.476. The molecule has 3 nitrogen and oxygen atoms in total. The second-order valence-electron chi connectivity index (χ2n) is 4.18. The summed E-state index contributed by atoms with van der Waals surface area (Å²) in [6.45, 7) is 4.67. The largest absolute Gasteiger partial charge is 0.357 e. The van der Waals surface area contributed by atoms with Gasteiger partial charge in [-0.1, -0.05) is 34.1 Å². The summed E-state index contributed by atoms with van der Waals surface area (Å²) in [5, 5.41) is 3.33. The number of halogens is 2. The molecule has 114 valence electrons. The quantitative estimate of drug-likeness (QED) is 0.295. The molecule has 0 aromatic heterocycles. The van der Waals surface area contributed by atoms with Gasteiger partial charge in [-0.25, -0.2) is 0 Å². The Hall–Kier alpha value is 0.0500. The summed E-state index contributed by atoms with van der Waals surface area (Å²) >= 11 is 5.41. The lowest BCUT2D eigenvalue weighted by atomic mass is 10.2. The molecule has 0 saturated carbocycles. The minimum Gasteiger partial charge on any atom is -0.357 e. The van der Waals surface area contributed by atoms with Crippen LogP contribution in [0.3, 0.4) is 0 Å². The van der Waals surface area contributed by atoms with Crippen molar-refractivity contribution in [3.05, 3.63) is 34.3 Å². The molecule has 0 saturated heterocycles. The number of nitrogens with one attached hydrogen (secondary N) is 1. The predicted molar refractivity (Wildman–Crippen MR) is 105 cm³/mol. The van der Waals surface area contributed by atoms with Crippen molar-refractivity contribution in [2.75, 3.05) is 32.1 Å². The molecule has 20 heavy (non-hydrogen) atoms. The second kappa shape index (κ2) is 11.7. The number of hydrogen-bond acceptors (Lipinski definition) is 2. The molecular weight excluding hydrogens is 449 g/mol. The van der Waals surface area contributed by atoms with E-state index in [0.29, 0.717) is 0 Å². The van der Waals surface area contributed by atoms with Crippen LogP contribution in [-0.4, -0.2) is 43.0 Å².